The molecule has 0 saturated carbocycles. The molecule has 0 spiro atoms. The monoisotopic (exact) mass is 508 g/mol. The van der Waals surface area contributed by atoms with Crippen LogP contribution in [0.5, 0.6) is 5.75 Å². The zero-order valence-corrected chi connectivity index (χ0v) is 21.3. The van der Waals surface area contributed by atoms with E-state index in [1.54, 1.807) is 19.2 Å². The highest BCUT2D eigenvalue weighted by molar-refractivity contribution is 7.98. The second-order valence-electron chi connectivity index (χ2n) is 8.30. The Kier molecular flexibility index (Phi) is 7.10. The minimum atomic E-state index is -0.338. The number of fused-ring (bicyclic) bond motifs is 1. The smallest absolute Gasteiger partial charge is 0.291 e. The summed E-state index contributed by atoms with van der Waals surface area (Å²) in [6.07, 6.45) is 2.28. The van der Waals surface area contributed by atoms with Crippen molar-refractivity contribution in [2.24, 2.45) is 7.05 Å². The number of amides is 1. The fourth-order valence-electron chi connectivity index (χ4n) is 4.13. The number of methoxy groups -OCH3 is 1. The number of aromatic nitrogens is 4. The van der Waals surface area contributed by atoms with Crippen LogP contribution in [0.3, 0.4) is 0 Å². The van der Waals surface area contributed by atoms with Crippen molar-refractivity contribution in [3.63, 3.8) is 0 Å². The predicted molar refractivity (Wildman–Crippen MR) is 138 cm³/mol. The van der Waals surface area contributed by atoms with Crippen molar-refractivity contribution in [3.05, 3.63) is 53.7 Å². The van der Waals surface area contributed by atoms with E-state index < -0.39 is 0 Å². The second kappa shape index (κ2) is 10.6. The molecule has 1 fully saturated rings. The Morgan fingerprint density at radius 2 is 2.03 bits per heavy atom. The molecule has 0 bridgehead atoms. The molecule has 1 N–H and O–H groups in total. The highest BCUT2D eigenvalue weighted by Crippen LogP contribution is 2.32. The van der Waals surface area contributed by atoms with Crippen LogP contribution in [0.1, 0.15) is 28.9 Å². The number of imidazole rings is 1. The van der Waals surface area contributed by atoms with Crippen LogP contribution < -0.4 is 15.0 Å². The number of hydrogen-bond acceptors (Lipinski definition) is 9. The van der Waals surface area contributed by atoms with E-state index in [1.807, 2.05) is 29.8 Å². The van der Waals surface area contributed by atoms with E-state index in [2.05, 4.69) is 17.1 Å². The van der Waals surface area contributed by atoms with Gasteiger partial charge in [0.2, 0.25) is 0 Å². The van der Waals surface area contributed by atoms with E-state index in [9.17, 15) is 4.79 Å². The summed E-state index contributed by atoms with van der Waals surface area (Å²) < 4.78 is 18.2. The molecule has 1 saturated heterocycles. The summed E-state index contributed by atoms with van der Waals surface area (Å²) in [6, 6.07) is 8.99. The highest BCUT2D eigenvalue weighted by Gasteiger charge is 2.22. The molecule has 3 aromatic heterocycles. The van der Waals surface area contributed by atoms with Gasteiger partial charge in [-0.2, -0.15) is 0 Å². The Bertz CT molecular complexity index is 1360. The number of thioether (sulfide) groups is 1. The van der Waals surface area contributed by atoms with Gasteiger partial charge in [-0.3, -0.25) is 4.79 Å². The first-order valence-corrected chi connectivity index (χ1v) is 12.8. The van der Waals surface area contributed by atoms with E-state index in [4.69, 9.17) is 28.8 Å². The summed E-state index contributed by atoms with van der Waals surface area (Å²) in [5.41, 5.74) is 3.22. The molecule has 1 amide bonds. The van der Waals surface area contributed by atoms with Crippen LogP contribution >= 0.6 is 11.8 Å². The fraction of sp³-hybridized carbons (Fsp3) is 0.360. The number of ether oxygens (including phenoxy) is 2. The minimum absolute atomic E-state index is 0.233. The lowest BCUT2D eigenvalue weighted by molar-refractivity contribution is 0.0996. The van der Waals surface area contributed by atoms with Crippen molar-refractivity contribution in [2.75, 3.05) is 43.6 Å². The number of furan rings is 1. The van der Waals surface area contributed by atoms with Gasteiger partial charge < -0.3 is 28.7 Å². The van der Waals surface area contributed by atoms with E-state index in [-0.39, 0.29) is 11.7 Å². The average Bonchev–Trinajstić information content (AvgIpc) is 3.56. The van der Waals surface area contributed by atoms with Crippen LogP contribution in [0, 0.1) is 0 Å². The third kappa shape index (κ3) is 4.89. The molecule has 0 radical (unpaired) electrons. The molecule has 0 atom stereocenters. The molecule has 0 aliphatic carbocycles. The van der Waals surface area contributed by atoms with Gasteiger partial charge in [-0.05, 0) is 29.8 Å². The lowest BCUT2D eigenvalue weighted by atomic mass is 10.2. The lowest BCUT2D eigenvalue weighted by Crippen LogP contribution is -2.37. The summed E-state index contributed by atoms with van der Waals surface area (Å²) in [6.45, 7) is 4.96. The van der Waals surface area contributed by atoms with E-state index >= 15 is 0 Å². The Labute approximate surface area is 213 Å². The van der Waals surface area contributed by atoms with E-state index in [0.717, 1.165) is 47.9 Å². The maximum Gasteiger partial charge on any atom is 0.291 e. The second-order valence-corrected chi connectivity index (χ2v) is 9.24. The molecule has 188 valence electrons. The number of hydrogen-bond donors (Lipinski definition) is 1. The third-order valence-electron chi connectivity index (χ3n) is 6.02. The highest BCUT2D eigenvalue weighted by atomic mass is 32.2. The number of benzene rings is 1. The van der Waals surface area contributed by atoms with Crippen LogP contribution in [0.4, 0.5) is 11.5 Å². The molecule has 10 nitrogen and oxygen atoms in total. The number of carbonyl (C=O) groups excluding carboxylic acids is 1. The van der Waals surface area contributed by atoms with Gasteiger partial charge in [-0.25, -0.2) is 15.0 Å². The average molecular weight is 509 g/mol. The van der Waals surface area contributed by atoms with Gasteiger partial charge in [0, 0.05) is 32.3 Å². The van der Waals surface area contributed by atoms with Crippen LogP contribution in [0.25, 0.3) is 11.2 Å². The molecule has 1 aliphatic rings. The number of morpholine rings is 1. The first-order valence-electron chi connectivity index (χ1n) is 11.8. The SMILES string of the molecule is CCc1nc2c(N3CCOCC3)nc(SCc3ccc(OC)c(NC(=O)c4ccco4)c3)nc2n1C. The van der Waals surface area contributed by atoms with Crippen molar-refractivity contribution in [3.8, 4) is 5.75 Å². The number of anilines is 2. The van der Waals surface area contributed by atoms with Crippen molar-refractivity contribution in [2.45, 2.75) is 24.3 Å². The van der Waals surface area contributed by atoms with Crippen molar-refractivity contribution >= 4 is 40.3 Å². The van der Waals surface area contributed by atoms with Crippen molar-refractivity contribution < 1.29 is 18.7 Å². The molecule has 1 aromatic carbocycles. The number of nitrogens with one attached hydrogen (secondary N) is 1. The van der Waals surface area contributed by atoms with Gasteiger partial charge in [0.1, 0.15) is 11.6 Å². The van der Waals surface area contributed by atoms with Crippen molar-refractivity contribution in [1.29, 1.82) is 0 Å². The van der Waals surface area contributed by atoms with Gasteiger partial charge >= 0.3 is 0 Å². The first kappa shape index (κ1) is 24.1. The normalized spacial score (nSPS) is 13.8. The van der Waals surface area contributed by atoms with E-state index in [0.29, 0.717) is 35.6 Å². The standard InChI is InChI=1S/C25H28N6O4S/c1-4-20-27-21-22(30(20)2)28-25(29-23(21)31-9-12-34-13-10-31)36-15-16-7-8-18(33-3)17(14-16)26-24(32)19-6-5-11-35-19/h5-8,11,14H,4,9-10,12-13,15H2,1-3H3,(H,26,32). The van der Waals surface area contributed by atoms with Gasteiger partial charge in [0.05, 0.1) is 32.3 Å². The van der Waals surface area contributed by atoms with Crippen LogP contribution in [0.2, 0.25) is 0 Å². The number of aryl methyl sites for hydroxylation is 2. The molecular formula is C25H28N6O4S. The largest absolute Gasteiger partial charge is 0.495 e. The first-order chi connectivity index (χ1) is 17.6. The van der Waals surface area contributed by atoms with Gasteiger partial charge in [0.25, 0.3) is 5.91 Å². The van der Waals surface area contributed by atoms with Crippen LogP contribution in [-0.2, 0) is 24.0 Å². The number of carbonyl (C=O) groups is 1. The third-order valence-corrected chi connectivity index (χ3v) is 6.94. The minimum Gasteiger partial charge on any atom is -0.495 e. The molecule has 4 aromatic rings. The molecular weight excluding hydrogens is 480 g/mol. The predicted octanol–water partition coefficient (Wildman–Crippen LogP) is 3.91. The Morgan fingerprint density at radius 1 is 1.19 bits per heavy atom. The Balaban J connectivity index is 1.41. The Hall–Kier alpha value is -3.57. The maximum absolute atomic E-state index is 12.5. The maximum atomic E-state index is 12.5. The van der Waals surface area contributed by atoms with Crippen LogP contribution in [-0.4, -0.2) is 58.8 Å². The summed E-state index contributed by atoms with van der Waals surface area (Å²) in [4.78, 5) is 29.3. The molecule has 5 rings (SSSR count). The van der Waals surface area contributed by atoms with Crippen LogP contribution in [0.15, 0.2) is 46.2 Å². The topological polar surface area (TPSA) is 108 Å². The number of nitrogens with zero attached hydrogens (tertiary/aromatic N) is 5. The van der Waals surface area contributed by atoms with Crippen molar-refractivity contribution in [1.82, 2.24) is 19.5 Å². The summed E-state index contributed by atoms with van der Waals surface area (Å²) in [7, 11) is 3.57. The van der Waals surface area contributed by atoms with Gasteiger partial charge in [0.15, 0.2) is 27.9 Å². The summed E-state index contributed by atoms with van der Waals surface area (Å²) in [5.74, 6) is 2.90. The summed E-state index contributed by atoms with van der Waals surface area (Å²) >= 11 is 1.54. The number of rotatable bonds is 8. The Morgan fingerprint density at radius 3 is 2.75 bits per heavy atom. The van der Waals surface area contributed by atoms with E-state index in [1.165, 1.54) is 18.0 Å². The molecule has 11 heteroatoms. The molecule has 1 aliphatic heterocycles. The summed E-state index contributed by atoms with van der Waals surface area (Å²) in [5, 5.41) is 3.54. The van der Waals surface area contributed by atoms with Gasteiger partial charge in [-0.1, -0.05) is 24.8 Å². The fourth-order valence-corrected chi connectivity index (χ4v) is 4.91. The molecule has 4 heterocycles. The zero-order chi connectivity index (χ0) is 25.1. The lowest BCUT2D eigenvalue weighted by Gasteiger charge is -2.28. The quantitative estimate of drug-likeness (QED) is 0.280. The molecule has 36 heavy (non-hydrogen) atoms. The molecule has 0 unspecified atom stereocenters. The van der Waals surface area contributed by atoms with Gasteiger partial charge in [-0.15, -0.1) is 0 Å². The zero-order valence-electron chi connectivity index (χ0n) is 20.5.